The first-order valence-corrected chi connectivity index (χ1v) is 18.5. The Hall–Kier alpha value is -7.16. The molecule has 10 aromatic carbocycles. The zero-order valence-electron chi connectivity index (χ0n) is 29.1. The van der Waals surface area contributed by atoms with E-state index in [9.17, 15) is 0 Å². The first kappa shape index (κ1) is 29.4. The van der Waals surface area contributed by atoms with Crippen LogP contribution in [0.25, 0.3) is 120 Å². The lowest BCUT2D eigenvalue weighted by Crippen LogP contribution is -1.91. The molecule has 0 aliphatic rings. The van der Waals surface area contributed by atoms with Gasteiger partial charge in [-0.25, -0.2) is 0 Å². The van der Waals surface area contributed by atoms with E-state index < -0.39 is 0 Å². The van der Waals surface area contributed by atoms with Gasteiger partial charge in [-0.05, 0) is 113 Å². The number of hydrogen-bond donors (Lipinski definition) is 0. The van der Waals surface area contributed by atoms with Gasteiger partial charge in [0.15, 0.2) is 11.2 Å². The van der Waals surface area contributed by atoms with Crippen LogP contribution < -0.4 is 0 Å². The minimum Gasteiger partial charge on any atom is -0.452 e. The van der Waals surface area contributed by atoms with Crippen molar-refractivity contribution in [2.24, 2.45) is 0 Å². The third-order valence-electron chi connectivity index (χ3n) is 11.4. The summed E-state index contributed by atoms with van der Waals surface area (Å²) in [6.07, 6.45) is 0. The van der Waals surface area contributed by atoms with Crippen molar-refractivity contribution >= 4 is 87.0 Å². The van der Waals surface area contributed by atoms with E-state index in [0.29, 0.717) is 0 Å². The van der Waals surface area contributed by atoms with Crippen molar-refractivity contribution in [1.82, 2.24) is 0 Å². The Bertz CT molecular complexity index is 3430. The Balaban J connectivity index is 1.04. The van der Waals surface area contributed by atoms with Gasteiger partial charge in [0.25, 0.3) is 0 Å². The smallest absolute Gasteiger partial charge is 0.178 e. The number of fused-ring (bicyclic) bond motifs is 12. The molecule has 0 saturated heterocycles. The highest BCUT2D eigenvalue weighted by atomic mass is 16.4. The Labute approximate surface area is 310 Å². The van der Waals surface area contributed by atoms with E-state index in [4.69, 9.17) is 8.83 Å². The van der Waals surface area contributed by atoms with Crippen molar-refractivity contribution in [3.63, 3.8) is 0 Å². The van der Waals surface area contributed by atoms with Crippen molar-refractivity contribution in [3.05, 3.63) is 182 Å². The topological polar surface area (TPSA) is 26.3 Å². The van der Waals surface area contributed by atoms with Crippen molar-refractivity contribution < 1.29 is 8.83 Å². The molecule has 0 saturated carbocycles. The lowest BCUT2D eigenvalue weighted by Gasteiger charge is -2.18. The highest BCUT2D eigenvalue weighted by Gasteiger charge is 2.20. The molecule has 12 rings (SSSR count). The lowest BCUT2D eigenvalue weighted by atomic mass is 9.85. The monoisotopic (exact) mass is 686 g/mol. The van der Waals surface area contributed by atoms with Gasteiger partial charge in [-0.3, -0.25) is 0 Å². The van der Waals surface area contributed by atoms with Crippen LogP contribution in [0.2, 0.25) is 0 Å². The predicted molar refractivity (Wildman–Crippen MR) is 227 cm³/mol. The Morgan fingerprint density at radius 3 is 1.48 bits per heavy atom. The van der Waals surface area contributed by atoms with Crippen LogP contribution in [-0.4, -0.2) is 0 Å². The highest BCUT2D eigenvalue weighted by Crippen LogP contribution is 2.46. The largest absolute Gasteiger partial charge is 0.452 e. The summed E-state index contributed by atoms with van der Waals surface area (Å²) < 4.78 is 13.1. The van der Waals surface area contributed by atoms with Gasteiger partial charge in [-0.15, -0.1) is 0 Å². The standard InChI is InChI=1S/C52H30O2/c1-2-12-31(13-3-1)48-39-17-6-8-19-41(39)49(42-20-9-7-18-40(42)48)35-25-23-32-28-34(24-22-33(32)29-35)45-30-47-50(38-16-5-4-14-36(38)45)44-27-26-43-37-15-10-11-21-46(37)53-51(43)52(44)54-47/h1-30H. The first-order chi connectivity index (χ1) is 26.8. The van der Waals surface area contributed by atoms with E-state index >= 15 is 0 Å². The van der Waals surface area contributed by atoms with Gasteiger partial charge in [0, 0.05) is 21.5 Å². The number of rotatable bonds is 3. The average Bonchev–Trinajstić information content (AvgIpc) is 3.81. The van der Waals surface area contributed by atoms with Crippen molar-refractivity contribution in [2.75, 3.05) is 0 Å². The van der Waals surface area contributed by atoms with Crippen LogP contribution >= 0.6 is 0 Å². The summed E-state index contributed by atoms with van der Waals surface area (Å²) in [4.78, 5) is 0. The van der Waals surface area contributed by atoms with E-state index in [1.165, 1.54) is 65.3 Å². The van der Waals surface area contributed by atoms with Crippen molar-refractivity contribution in [3.8, 4) is 33.4 Å². The van der Waals surface area contributed by atoms with Crippen LogP contribution in [0.15, 0.2) is 191 Å². The van der Waals surface area contributed by atoms with Crippen LogP contribution in [0.1, 0.15) is 0 Å². The molecular formula is C52H30O2. The molecule has 12 aromatic rings. The molecule has 2 heteroatoms. The van der Waals surface area contributed by atoms with E-state index in [0.717, 1.165) is 55.0 Å². The molecule has 0 bridgehead atoms. The normalized spacial score (nSPS) is 12.1. The fourth-order valence-corrected chi connectivity index (χ4v) is 9.04. The first-order valence-electron chi connectivity index (χ1n) is 18.5. The fraction of sp³-hybridized carbons (Fsp3) is 0. The number of hydrogen-bond acceptors (Lipinski definition) is 2. The van der Waals surface area contributed by atoms with Gasteiger partial charge >= 0.3 is 0 Å². The minimum atomic E-state index is 0.795. The summed E-state index contributed by atoms with van der Waals surface area (Å²) in [6.45, 7) is 0. The number of para-hydroxylation sites is 1. The maximum atomic E-state index is 6.73. The number of benzene rings is 10. The second kappa shape index (κ2) is 11.2. The number of furan rings is 2. The summed E-state index contributed by atoms with van der Waals surface area (Å²) in [5.74, 6) is 0. The molecule has 2 aromatic heterocycles. The third-order valence-corrected chi connectivity index (χ3v) is 11.4. The molecule has 0 spiro atoms. The molecule has 250 valence electrons. The van der Waals surface area contributed by atoms with Crippen LogP contribution in [-0.2, 0) is 0 Å². The van der Waals surface area contributed by atoms with Crippen molar-refractivity contribution in [1.29, 1.82) is 0 Å². The summed E-state index contributed by atoms with van der Waals surface area (Å²) in [5, 5.41) is 14.2. The van der Waals surface area contributed by atoms with Gasteiger partial charge in [0.1, 0.15) is 11.2 Å². The lowest BCUT2D eigenvalue weighted by molar-refractivity contribution is 0.633. The van der Waals surface area contributed by atoms with Gasteiger partial charge in [-0.2, -0.15) is 0 Å². The Morgan fingerprint density at radius 2 is 0.778 bits per heavy atom. The molecule has 0 amide bonds. The van der Waals surface area contributed by atoms with Gasteiger partial charge in [-0.1, -0.05) is 146 Å². The van der Waals surface area contributed by atoms with E-state index in [-0.39, 0.29) is 0 Å². The molecule has 0 unspecified atom stereocenters. The summed E-state index contributed by atoms with van der Waals surface area (Å²) in [7, 11) is 0. The predicted octanol–water partition coefficient (Wildman–Crippen LogP) is 15.1. The van der Waals surface area contributed by atoms with Gasteiger partial charge < -0.3 is 8.83 Å². The zero-order valence-corrected chi connectivity index (χ0v) is 29.1. The fourth-order valence-electron chi connectivity index (χ4n) is 9.04. The molecule has 0 atom stereocenters. The quantitative estimate of drug-likeness (QED) is 0.173. The molecule has 54 heavy (non-hydrogen) atoms. The van der Waals surface area contributed by atoms with E-state index in [2.05, 4.69) is 170 Å². The van der Waals surface area contributed by atoms with Crippen LogP contribution in [0.5, 0.6) is 0 Å². The van der Waals surface area contributed by atoms with Crippen LogP contribution in [0.4, 0.5) is 0 Å². The van der Waals surface area contributed by atoms with Crippen molar-refractivity contribution in [2.45, 2.75) is 0 Å². The SMILES string of the molecule is c1ccc(-c2c3ccccc3c(-c3ccc4cc(-c5cc6oc7c(ccc8c9ccccc9oc87)c6c6ccccc56)ccc4c3)c3ccccc23)cc1. The maximum absolute atomic E-state index is 6.73. The van der Waals surface area contributed by atoms with Gasteiger partial charge in [0.2, 0.25) is 0 Å². The summed E-state index contributed by atoms with van der Waals surface area (Å²) in [6, 6.07) is 65.7. The second-order valence-corrected chi connectivity index (χ2v) is 14.3. The zero-order chi connectivity index (χ0) is 35.3. The third kappa shape index (κ3) is 4.17. The highest BCUT2D eigenvalue weighted by molar-refractivity contribution is 6.27. The molecular weight excluding hydrogens is 657 g/mol. The second-order valence-electron chi connectivity index (χ2n) is 14.3. The molecule has 0 fully saturated rings. The van der Waals surface area contributed by atoms with E-state index in [1.807, 2.05) is 12.1 Å². The summed E-state index contributed by atoms with van der Waals surface area (Å²) >= 11 is 0. The molecule has 2 nitrogen and oxygen atoms in total. The van der Waals surface area contributed by atoms with E-state index in [1.54, 1.807) is 0 Å². The molecule has 0 aliphatic carbocycles. The van der Waals surface area contributed by atoms with Crippen LogP contribution in [0.3, 0.4) is 0 Å². The molecule has 0 aliphatic heterocycles. The van der Waals surface area contributed by atoms with Gasteiger partial charge in [0.05, 0.1) is 0 Å². The molecule has 2 heterocycles. The Morgan fingerprint density at radius 1 is 0.278 bits per heavy atom. The Kier molecular flexibility index (Phi) is 6.09. The maximum Gasteiger partial charge on any atom is 0.178 e. The van der Waals surface area contributed by atoms with Crippen LogP contribution in [0, 0.1) is 0 Å². The minimum absolute atomic E-state index is 0.795. The molecule has 0 radical (unpaired) electrons. The average molecular weight is 687 g/mol. The molecule has 0 N–H and O–H groups in total. The summed E-state index contributed by atoms with van der Waals surface area (Å²) in [5.41, 5.74) is 10.6.